The second kappa shape index (κ2) is 11.9. The molecule has 2 amide bonds. The lowest BCUT2D eigenvalue weighted by Gasteiger charge is -2.13. The highest BCUT2D eigenvalue weighted by molar-refractivity contribution is 9.10. The van der Waals surface area contributed by atoms with Gasteiger partial charge < -0.3 is 20.1 Å². The first-order valence-corrected chi connectivity index (χ1v) is 11.1. The average molecular weight is 509 g/mol. The standard InChI is InChI=1S/C26H25BrN2O4/c1-32-23-14-20(22(27)15-24(23)33-2)13-21(25(30)28-16-18-9-5-3-6-10-18)26(31)29-17-19-11-7-4-8-12-19/h3-15H,16-17H2,1-2H3,(H,28,30)(H,29,31). The van der Waals surface area contributed by atoms with Crippen molar-refractivity contribution in [2.24, 2.45) is 0 Å². The van der Waals surface area contributed by atoms with E-state index in [4.69, 9.17) is 9.47 Å². The summed E-state index contributed by atoms with van der Waals surface area (Å²) in [7, 11) is 3.07. The smallest absolute Gasteiger partial charge is 0.257 e. The highest BCUT2D eigenvalue weighted by atomic mass is 79.9. The summed E-state index contributed by atoms with van der Waals surface area (Å²) in [6, 6.07) is 22.4. The normalized spacial score (nSPS) is 10.2. The summed E-state index contributed by atoms with van der Waals surface area (Å²) in [5.74, 6) is 0.0584. The van der Waals surface area contributed by atoms with Crippen LogP contribution in [0.15, 0.2) is 82.8 Å². The van der Waals surface area contributed by atoms with E-state index in [0.717, 1.165) is 11.1 Å². The number of halogens is 1. The third kappa shape index (κ3) is 6.70. The summed E-state index contributed by atoms with van der Waals surface area (Å²) in [6.07, 6.45) is 1.53. The highest BCUT2D eigenvalue weighted by Crippen LogP contribution is 2.34. The largest absolute Gasteiger partial charge is 0.493 e. The molecule has 170 valence electrons. The van der Waals surface area contributed by atoms with Gasteiger partial charge in [0.2, 0.25) is 0 Å². The molecule has 3 aromatic rings. The van der Waals surface area contributed by atoms with Gasteiger partial charge in [-0.2, -0.15) is 0 Å². The Kier molecular flexibility index (Phi) is 8.66. The van der Waals surface area contributed by atoms with Gasteiger partial charge in [0.1, 0.15) is 5.57 Å². The molecule has 33 heavy (non-hydrogen) atoms. The molecule has 0 aliphatic carbocycles. The van der Waals surface area contributed by atoms with Gasteiger partial charge in [-0.05, 0) is 34.9 Å². The van der Waals surface area contributed by atoms with Crippen LogP contribution in [0.2, 0.25) is 0 Å². The molecule has 0 aliphatic heterocycles. The molecule has 0 unspecified atom stereocenters. The fourth-order valence-electron chi connectivity index (χ4n) is 3.12. The minimum atomic E-state index is -0.480. The van der Waals surface area contributed by atoms with Gasteiger partial charge in [-0.25, -0.2) is 0 Å². The van der Waals surface area contributed by atoms with Crippen molar-refractivity contribution in [2.75, 3.05) is 14.2 Å². The number of ether oxygens (including phenoxy) is 2. The summed E-state index contributed by atoms with van der Waals surface area (Å²) < 4.78 is 11.3. The quantitative estimate of drug-likeness (QED) is 0.253. The monoisotopic (exact) mass is 508 g/mol. The van der Waals surface area contributed by atoms with E-state index >= 15 is 0 Å². The molecule has 0 spiro atoms. The molecule has 6 nitrogen and oxygen atoms in total. The fraction of sp³-hybridized carbons (Fsp3) is 0.154. The first-order valence-electron chi connectivity index (χ1n) is 10.3. The number of carbonyl (C=O) groups excluding carboxylic acids is 2. The predicted molar refractivity (Wildman–Crippen MR) is 132 cm³/mol. The van der Waals surface area contributed by atoms with Crippen LogP contribution in [-0.4, -0.2) is 26.0 Å². The van der Waals surface area contributed by atoms with Crippen molar-refractivity contribution in [3.8, 4) is 11.5 Å². The number of benzene rings is 3. The Bertz CT molecular complexity index is 1070. The van der Waals surface area contributed by atoms with Gasteiger partial charge in [0.05, 0.1) is 14.2 Å². The molecule has 0 aliphatic rings. The molecule has 3 rings (SSSR count). The molecule has 0 heterocycles. The molecular weight excluding hydrogens is 484 g/mol. The van der Waals surface area contributed by atoms with Crippen molar-refractivity contribution in [3.63, 3.8) is 0 Å². The van der Waals surface area contributed by atoms with E-state index in [9.17, 15) is 9.59 Å². The maximum atomic E-state index is 13.1. The maximum Gasteiger partial charge on any atom is 0.257 e. The average Bonchev–Trinajstić information content (AvgIpc) is 2.86. The van der Waals surface area contributed by atoms with Crippen molar-refractivity contribution in [1.29, 1.82) is 0 Å². The van der Waals surface area contributed by atoms with Crippen LogP contribution in [0.5, 0.6) is 11.5 Å². The number of nitrogens with one attached hydrogen (secondary N) is 2. The molecule has 0 saturated heterocycles. The van der Waals surface area contributed by atoms with Crippen LogP contribution in [0.4, 0.5) is 0 Å². The lowest BCUT2D eigenvalue weighted by Crippen LogP contribution is -2.34. The van der Waals surface area contributed by atoms with Gasteiger partial charge in [0.25, 0.3) is 11.8 Å². The van der Waals surface area contributed by atoms with Crippen molar-refractivity contribution >= 4 is 33.8 Å². The van der Waals surface area contributed by atoms with E-state index in [2.05, 4.69) is 26.6 Å². The molecule has 0 atom stereocenters. The highest BCUT2D eigenvalue weighted by Gasteiger charge is 2.20. The Morgan fingerprint density at radius 1 is 0.788 bits per heavy atom. The minimum Gasteiger partial charge on any atom is -0.493 e. The van der Waals surface area contributed by atoms with Crippen LogP contribution in [-0.2, 0) is 22.7 Å². The van der Waals surface area contributed by atoms with E-state index in [1.165, 1.54) is 13.2 Å². The molecule has 0 aromatic heterocycles. The zero-order valence-corrected chi connectivity index (χ0v) is 20.0. The van der Waals surface area contributed by atoms with Gasteiger partial charge in [0, 0.05) is 17.6 Å². The number of amides is 2. The summed E-state index contributed by atoms with van der Waals surface area (Å²) in [6.45, 7) is 0.603. The Morgan fingerprint density at radius 2 is 1.24 bits per heavy atom. The SMILES string of the molecule is COc1cc(Br)c(C=C(C(=O)NCc2ccccc2)C(=O)NCc2ccccc2)cc1OC. The van der Waals surface area contributed by atoms with Crippen LogP contribution < -0.4 is 20.1 Å². The summed E-state index contributed by atoms with van der Waals surface area (Å²) >= 11 is 3.49. The molecule has 2 N–H and O–H groups in total. The third-order valence-electron chi connectivity index (χ3n) is 4.88. The van der Waals surface area contributed by atoms with Crippen LogP contribution in [0.25, 0.3) is 6.08 Å². The summed E-state index contributed by atoms with van der Waals surface area (Å²) in [4.78, 5) is 26.1. The lowest BCUT2D eigenvalue weighted by atomic mass is 10.1. The molecule has 0 fully saturated rings. The Balaban J connectivity index is 1.88. The molecule has 7 heteroatoms. The molecular formula is C26H25BrN2O4. The zero-order valence-electron chi connectivity index (χ0n) is 18.4. The van der Waals surface area contributed by atoms with Crippen LogP contribution >= 0.6 is 15.9 Å². The van der Waals surface area contributed by atoms with Crippen LogP contribution in [0, 0.1) is 0 Å². The van der Waals surface area contributed by atoms with Crippen LogP contribution in [0.1, 0.15) is 16.7 Å². The minimum absolute atomic E-state index is 0.0187. The van der Waals surface area contributed by atoms with E-state index in [1.807, 2.05) is 60.7 Å². The number of hydrogen-bond donors (Lipinski definition) is 2. The molecule has 3 aromatic carbocycles. The zero-order chi connectivity index (χ0) is 23.6. The number of rotatable bonds is 9. The summed E-state index contributed by atoms with van der Waals surface area (Å²) in [5, 5.41) is 5.66. The first kappa shape index (κ1) is 24.1. The Morgan fingerprint density at radius 3 is 1.70 bits per heavy atom. The van der Waals surface area contributed by atoms with Crippen LogP contribution in [0.3, 0.4) is 0 Å². The van der Waals surface area contributed by atoms with E-state index in [-0.39, 0.29) is 5.57 Å². The Hall–Kier alpha value is -3.58. The maximum absolute atomic E-state index is 13.1. The molecule has 0 saturated carbocycles. The fourth-order valence-corrected chi connectivity index (χ4v) is 3.55. The van der Waals surface area contributed by atoms with Gasteiger partial charge in [-0.15, -0.1) is 0 Å². The van der Waals surface area contributed by atoms with Crippen molar-refractivity contribution in [1.82, 2.24) is 10.6 Å². The lowest BCUT2D eigenvalue weighted by molar-refractivity contribution is -0.123. The number of methoxy groups -OCH3 is 2. The van der Waals surface area contributed by atoms with E-state index < -0.39 is 11.8 Å². The van der Waals surface area contributed by atoms with Gasteiger partial charge >= 0.3 is 0 Å². The van der Waals surface area contributed by atoms with Gasteiger partial charge in [-0.1, -0.05) is 76.6 Å². The van der Waals surface area contributed by atoms with Gasteiger partial charge in [0.15, 0.2) is 11.5 Å². The van der Waals surface area contributed by atoms with E-state index in [1.54, 1.807) is 19.2 Å². The van der Waals surface area contributed by atoms with Gasteiger partial charge in [-0.3, -0.25) is 9.59 Å². The predicted octanol–water partition coefficient (Wildman–Crippen LogP) is 4.48. The Labute approximate surface area is 201 Å². The van der Waals surface area contributed by atoms with Crippen molar-refractivity contribution in [2.45, 2.75) is 13.1 Å². The summed E-state index contributed by atoms with van der Waals surface area (Å²) in [5.41, 5.74) is 2.45. The second-order valence-electron chi connectivity index (χ2n) is 7.12. The molecule has 0 bridgehead atoms. The van der Waals surface area contributed by atoms with Crippen molar-refractivity contribution in [3.05, 3.63) is 99.5 Å². The van der Waals surface area contributed by atoms with Crippen molar-refractivity contribution < 1.29 is 19.1 Å². The topological polar surface area (TPSA) is 76.7 Å². The number of hydrogen-bond acceptors (Lipinski definition) is 4. The first-order chi connectivity index (χ1) is 16.0. The third-order valence-corrected chi connectivity index (χ3v) is 5.57. The molecule has 0 radical (unpaired) electrons. The van der Waals surface area contributed by atoms with E-state index in [0.29, 0.717) is 34.6 Å². The number of carbonyl (C=O) groups is 2. The second-order valence-corrected chi connectivity index (χ2v) is 7.98.